The van der Waals surface area contributed by atoms with Crippen LogP contribution in [0.1, 0.15) is 252 Å². The van der Waals surface area contributed by atoms with Crippen molar-refractivity contribution in [2.24, 2.45) is 0 Å². The molecule has 0 fully saturated rings. The fraction of sp³-hybridized carbons (Fsp3) is 0.609. The summed E-state index contributed by atoms with van der Waals surface area (Å²) in [6.45, 7) is 6.32. The second kappa shape index (κ2) is 61.8. The van der Waals surface area contributed by atoms with Crippen LogP contribution in [0.4, 0.5) is 0 Å². The van der Waals surface area contributed by atoms with Gasteiger partial charge in [-0.25, -0.2) is 0 Å². The van der Waals surface area contributed by atoms with Crippen molar-refractivity contribution in [3.63, 3.8) is 0 Å². The van der Waals surface area contributed by atoms with E-state index in [0.29, 0.717) is 19.3 Å². The Kier molecular flexibility index (Phi) is 58.0. The van der Waals surface area contributed by atoms with E-state index in [4.69, 9.17) is 14.2 Å². The SMILES string of the molecule is CC/C=C\C/C=C\C/C=C\C/C=C\C/C=C\C/C=C\CCCCCCCCCCCCC(=O)OCC(COC(=O)CCCCCCCCCCC)OC(=O)CC/C=C\C/C=C\C/C=C\C/C=C\C/C=C\C/C=C\CC. The predicted molar refractivity (Wildman–Crippen MR) is 325 cm³/mol. The third-order valence-corrected chi connectivity index (χ3v) is 12.4. The molecule has 0 saturated carbocycles. The van der Waals surface area contributed by atoms with E-state index in [1.165, 1.54) is 83.5 Å². The van der Waals surface area contributed by atoms with Crippen LogP contribution in [0, 0.1) is 0 Å². The van der Waals surface area contributed by atoms with Crippen molar-refractivity contribution in [1.29, 1.82) is 0 Å². The first kappa shape index (κ1) is 70.3. The number of allylic oxidation sites excluding steroid dienone is 24. The Morgan fingerprint density at radius 2 is 0.547 bits per heavy atom. The molecule has 0 spiro atoms. The highest BCUT2D eigenvalue weighted by atomic mass is 16.6. The highest BCUT2D eigenvalue weighted by Gasteiger charge is 2.19. The minimum absolute atomic E-state index is 0.112. The van der Waals surface area contributed by atoms with Gasteiger partial charge in [0, 0.05) is 19.3 Å². The maximum absolute atomic E-state index is 12.8. The summed E-state index contributed by atoms with van der Waals surface area (Å²) in [5.41, 5.74) is 0. The van der Waals surface area contributed by atoms with Gasteiger partial charge in [-0.05, 0) is 109 Å². The fourth-order valence-corrected chi connectivity index (χ4v) is 7.88. The van der Waals surface area contributed by atoms with Crippen LogP contribution in [-0.4, -0.2) is 37.2 Å². The third-order valence-electron chi connectivity index (χ3n) is 12.4. The molecule has 0 saturated heterocycles. The van der Waals surface area contributed by atoms with Crippen molar-refractivity contribution in [2.75, 3.05) is 13.2 Å². The third kappa shape index (κ3) is 60.0. The minimum atomic E-state index is -0.824. The molecule has 0 radical (unpaired) electrons. The molecule has 0 rings (SSSR count). The Hall–Kier alpha value is -4.71. The number of hydrogen-bond donors (Lipinski definition) is 0. The molecule has 0 aliphatic carbocycles. The molecule has 0 amide bonds. The van der Waals surface area contributed by atoms with Crippen LogP contribution in [0.2, 0.25) is 0 Å². The van der Waals surface area contributed by atoms with Gasteiger partial charge in [0.05, 0.1) is 0 Å². The van der Waals surface area contributed by atoms with Gasteiger partial charge in [0.1, 0.15) is 13.2 Å². The molecule has 0 N–H and O–H groups in total. The fourth-order valence-electron chi connectivity index (χ4n) is 7.88. The van der Waals surface area contributed by atoms with Gasteiger partial charge in [-0.1, -0.05) is 269 Å². The molecule has 0 aliphatic heterocycles. The van der Waals surface area contributed by atoms with Crippen LogP contribution in [0.25, 0.3) is 0 Å². The molecule has 1 atom stereocenters. The lowest BCUT2D eigenvalue weighted by Crippen LogP contribution is -2.30. The van der Waals surface area contributed by atoms with Crippen molar-refractivity contribution in [1.82, 2.24) is 0 Å². The molecule has 75 heavy (non-hydrogen) atoms. The van der Waals surface area contributed by atoms with Crippen molar-refractivity contribution in [2.45, 2.75) is 258 Å². The summed E-state index contributed by atoms with van der Waals surface area (Å²) in [7, 11) is 0. The van der Waals surface area contributed by atoms with Gasteiger partial charge in [0.25, 0.3) is 0 Å². The molecule has 0 aromatic carbocycles. The quantitative estimate of drug-likeness (QED) is 0.0261. The number of carbonyl (C=O) groups is 3. The number of ether oxygens (including phenoxy) is 3. The number of carbonyl (C=O) groups excluding carboxylic acids is 3. The zero-order chi connectivity index (χ0) is 54.3. The van der Waals surface area contributed by atoms with E-state index < -0.39 is 12.1 Å². The van der Waals surface area contributed by atoms with Gasteiger partial charge in [-0.2, -0.15) is 0 Å². The van der Waals surface area contributed by atoms with Crippen molar-refractivity contribution in [3.8, 4) is 0 Å². The van der Waals surface area contributed by atoms with Crippen molar-refractivity contribution in [3.05, 3.63) is 146 Å². The molecule has 0 aromatic heterocycles. The Labute approximate surface area is 461 Å². The van der Waals surface area contributed by atoms with E-state index in [1.54, 1.807) is 0 Å². The Morgan fingerprint density at radius 3 is 0.867 bits per heavy atom. The lowest BCUT2D eigenvalue weighted by atomic mass is 10.1. The van der Waals surface area contributed by atoms with Crippen LogP contribution < -0.4 is 0 Å². The zero-order valence-electron chi connectivity index (χ0n) is 48.3. The second-order valence-corrected chi connectivity index (χ2v) is 19.5. The monoisotopic (exact) mass is 1030 g/mol. The van der Waals surface area contributed by atoms with Crippen molar-refractivity contribution >= 4 is 17.9 Å². The number of hydrogen-bond acceptors (Lipinski definition) is 6. The van der Waals surface area contributed by atoms with Crippen LogP contribution in [0.5, 0.6) is 0 Å². The van der Waals surface area contributed by atoms with E-state index in [2.05, 4.69) is 154 Å². The van der Waals surface area contributed by atoms with E-state index in [1.807, 2.05) is 12.2 Å². The number of rotatable bonds is 53. The second-order valence-electron chi connectivity index (χ2n) is 19.5. The van der Waals surface area contributed by atoms with E-state index in [9.17, 15) is 14.4 Å². The molecule has 1 unspecified atom stereocenters. The summed E-state index contributed by atoms with van der Waals surface area (Å²) in [5.74, 6) is -1.01. The Balaban J connectivity index is 4.33. The van der Waals surface area contributed by atoms with Gasteiger partial charge in [0.15, 0.2) is 6.10 Å². The first-order valence-electron chi connectivity index (χ1n) is 30.3. The first-order valence-corrected chi connectivity index (χ1v) is 30.3. The van der Waals surface area contributed by atoms with Crippen molar-refractivity contribution < 1.29 is 28.6 Å². The topological polar surface area (TPSA) is 78.9 Å². The summed E-state index contributed by atoms with van der Waals surface area (Å²) >= 11 is 0. The summed E-state index contributed by atoms with van der Waals surface area (Å²) in [4.78, 5) is 38.1. The minimum Gasteiger partial charge on any atom is -0.462 e. The summed E-state index contributed by atoms with van der Waals surface area (Å²) in [6.07, 6.45) is 88.7. The zero-order valence-corrected chi connectivity index (χ0v) is 48.3. The Bertz CT molecular complexity index is 1660. The summed E-state index contributed by atoms with van der Waals surface area (Å²) in [6, 6.07) is 0. The van der Waals surface area contributed by atoms with E-state index in [0.717, 1.165) is 122 Å². The molecule has 0 aromatic rings. The van der Waals surface area contributed by atoms with Crippen LogP contribution in [-0.2, 0) is 28.6 Å². The number of esters is 3. The summed E-state index contributed by atoms with van der Waals surface area (Å²) in [5, 5.41) is 0. The maximum atomic E-state index is 12.8. The van der Waals surface area contributed by atoms with Gasteiger partial charge in [-0.3, -0.25) is 14.4 Å². The standard InChI is InChI=1S/C69H110O6/c1-4-7-10-13-16-19-21-23-25-27-29-30-31-32-33-34-35-36-37-38-40-41-43-45-47-50-53-56-59-62-68(71)74-65-66(64-73-67(70)61-58-55-52-49-18-15-12-9-6-3)75-69(72)63-60-57-54-51-48-46-44-42-39-28-26-24-22-20-17-14-11-8-5-2/h7-8,10-11,16-17,19-20,23-26,29-30,32-33,35-36,39,42,46,48,54,57,66H,4-6,9,12-15,18,21-22,27-28,31,34,37-38,40-41,43-45,47,49-53,55-56,58-65H2,1-3H3/b10-7-,11-8-,19-16-,20-17-,25-23-,26-24-,30-29-,33-32-,36-35-,42-39-,48-46-,57-54-. The highest BCUT2D eigenvalue weighted by molar-refractivity contribution is 5.71. The number of unbranched alkanes of at least 4 members (excludes halogenated alkanes) is 18. The van der Waals surface area contributed by atoms with E-state index in [-0.39, 0.29) is 31.6 Å². The summed E-state index contributed by atoms with van der Waals surface area (Å²) < 4.78 is 16.8. The van der Waals surface area contributed by atoms with E-state index >= 15 is 0 Å². The van der Waals surface area contributed by atoms with Gasteiger partial charge < -0.3 is 14.2 Å². The average molecular weight is 1040 g/mol. The molecular formula is C69H110O6. The van der Waals surface area contributed by atoms with Crippen LogP contribution in [0.3, 0.4) is 0 Å². The largest absolute Gasteiger partial charge is 0.462 e. The highest BCUT2D eigenvalue weighted by Crippen LogP contribution is 2.14. The maximum Gasteiger partial charge on any atom is 0.306 e. The molecule has 0 bridgehead atoms. The normalized spacial score (nSPS) is 13.2. The average Bonchev–Trinajstić information content (AvgIpc) is 3.41. The lowest BCUT2D eigenvalue weighted by Gasteiger charge is -2.18. The predicted octanol–water partition coefficient (Wildman–Crippen LogP) is 20.8. The Morgan fingerprint density at radius 1 is 0.280 bits per heavy atom. The van der Waals surface area contributed by atoms with Crippen LogP contribution in [0.15, 0.2) is 146 Å². The molecule has 0 aliphatic rings. The molecule has 0 heterocycles. The first-order chi connectivity index (χ1) is 37.0. The molecule has 422 valence electrons. The van der Waals surface area contributed by atoms with Gasteiger partial charge in [0.2, 0.25) is 0 Å². The van der Waals surface area contributed by atoms with Gasteiger partial charge in [-0.15, -0.1) is 0 Å². The van der Waals surface area contributed by atoms with Crippen LogP contribution >= 0.6 is 0 Å². The molecular weight excluding hydrogens is 925 g/mol. The lowest BCUT2D eigenvalue weighted by molar-refractivity contribution is -0.166. The van der Waals surface area contributed by atoms with Gasteiger partial charge >= 0.3 is 17.9 Å². The smallest absolute Gasteiger partial charge is 0.306 e. The molecule has 6 nitrogen and oxygen atoms in total. The molecule has 6 heteroatoms.